The van der Waals surface area contributed by atoms with Gasteiger partial charge in [0.05, 0.1) is 41.6 Å². The monoisotopic (exact) mass is 437 g/mol. The van der Waals surface area contributed by atoms with E-state index in [1.165, 1.54) is 6.33 Å². The Morgan fingerprint density at radius 3 is 2.61 bits per heavy atom. The first-order valence-electron chi connectivity index (χ1n) is 10.4. The van der Waals surface area contributed by atoms with Gasteiger partial charge in [0.2, 0.25) is 0 Å². The smallest absolute Gasteiger partial charge is 0.391 e. The van der Waals surface area contributed by atoms with Crippen LogP contribution >= 0.6 is 0 Å². The largest absolute Gasteiger partial charge is 0.397 e. The zero-order chi connectivity index (χ0) is 22.2. The van der Waals surface area contributed by atoms with Crippen molar-refractivity contribution in [2.24, 2.45) is 5.92 Å². The first-order chi connectivity index (χ1) is 14.8. The first-order valence-corrected chi connectivity index (χ1v) is 10.4. The van der Waals surface area contributed by atoms with Crippen LogP contribution < -0.4 is 21.3 Å². The van der Waals surface area contributed by atoms with Crippen LogP contribution in [0, 0.1) is 5.92 Å². The SMILES string of the molecule is CNc1cc(N2CCn3ncnc3C2)c(C(=O)N[C@H]2CC[C@H](C(F)(F)F)CC2)cc1N. The molecule has 0 bridgehead atoms. The molecule has 2 aliphatic rings. The lowest BCUT2D eigenvalue weighted by Crippen LogP contribution is -2.41. The van der Waals surface area contributed by atoms with Crippen LogP contribution in [0.3, 0.4) is 0 Å². The minimum Gasteiger partial charge on any atom is -0.397 e. The molecule has 0 atom stereocenters. The Hall–Kier alpha value is -2.98. The molecule has 1 fully saturated rings. The predicted octanol–water partition coefficient (Wildman–Crippen LogP) is 2.77. The topological polar surface area (TPSA) is 101 Å². The molecule has 8 nitrogen and oxygen atoms in total. The van der Waals surface area contributed by atoms with E-state index in [0.29, 0.717) is 55.1 Å². The number of carbonyl (C=O) groups excluding carboxylic acids is 1. The van der Waals surface area contributed by atoms with Crippen molar-refractivity contribution in [1.82, 2.24) is 20.1 Å². The van der Waals surface area contributed by atoms with Crippen LogP contribution in [0.4, 0.5) is 30.2 Å². The van der Waals surface area contributed by atoms with Gasteiger partial charge in [-0.1, -0.05) is 0 Å². The van der Waals surface area contributed by atoms with Crippen molar-refractivity contribution in [3.63, 3.8) is 0 Å². The second-order valence-electron chi connectivity index (χ2n) is 8.09. The molecule has 4 rings (SSSR count). The number of carbonyl (C=O) groups is 1. The molecule has 2 heterocycles. The van der Waals surface area contributed by atoms with Gasteiger partial charge in [0.25, 0.3) is 5.91 Å². The fraction of sp³-hybridized carbons (Fsp3) is 0.550. The van der Waals surface area contributed by atoms with Crippen LogP contribution in [0.5, 0.6) is 0 Å². The molecule has 11 heteroatoms. The number of nitrogens with zero attached hydrogens (tertiary/aromatic N) is 4. The summed E-state index contributed by atoms with van der Waals surface area (Å²) in [4.78, 5) is 19.4. The van der Waals surface area contributed by atoms with E-state index in [1.54, 1.807) is 13.1 Å². The lowest BCUT2D eigenvalue weighted by atomic mass is 9.85. The summed E-state index contributed by atoms with van der Waals surface area (Å²) >= 11 is 0. The Labute approximate surface area is 178 Å². The van der Waals surface area contributed by atoms with E-state index in [9.17, 15) is 18.0 Å². The van der Waals surface area contributed by atoms with Crippen molar-refractivity contribution in [3.05, 3.63) is 29.8 Å². The second kappa shape index (κ2) is 8.27. The van der Waals surface area contributed by atoms with Crippen molar-refractivity contribution in [2.45, 2.75) is 51.0 Å². The van der Waals surface area contributed by atoms with Gasteiger partial charge in [0, 0.05) is 19.6 Å². The van der Waals surface area contributed by atoms with Crippen LogP contribution in [-0.2, 0) is 13.1 Å². The van der Waals surface area contributed by atoms with Crippen molar-refractivity contribution in [2.75, 3.05) is 29.5 Å². The molecule has 1 aliphatic carbocycles. The average molecular weight is 437 g/mol. The molecule has 1 aromatic carbocycles. The number of nitrogens with one attached hydrogen (secondary N) is 2. The third-order valence-corrected chi connectivity index (χ3v) is 6.16. The summed E-state index contributed by atoms with van der Waals surface area (Å²) in [7, 11) is 1.75. The van der Waals surface area contributed by atoms with Gasteiger partial charge < -0.3 is 21.3 Å². The number of aromatic nitrogens is 3. The summed E-state index contributed by atoms with van der Waals surface area (Å²) in [6, 6.07) is 3.17. The normalized spacial score (nSPS) is 21.5. The van der Waals surface area contributed by atoms with E-state index >= 15 is 0 Å². The summed E-state index contributed by atoms with van der Waals surface area (Å²) in [5.41, 5.74) is 8.35. The lowest BCUT2D eigenvalue weighted by Gasteiger charge is -2.32. The fourth-order valence-electron chi connectivity index (χ4n) is 4.36. The van der Waals surface area contributed by atoms with Gasteiger partial charge in [-0.3, -0.25) is 4.79 Å². The number of anilines is 3. The highest BCUT2D eigenvalue weighted by atomic mass is 19.4. The fourth-order valence-corrected chi connectivity index (χ4v) is 4.36. The van der Waals surface area contributed by atoms with Crippen molar-refractivity contribution in [3.8, 4) is 0 Å². The maximum absolute atomic E-state index is 13.1. The van der Waals surface area contributed by atoms with Crippen LogP contribution in [0.15, 0.2) is 18.5 Å². The van der Waals surface area contributed by atoms with Gasteiger partial charge in [0.1, 0.15) is 12.2 Å². The molecule has 0 radical (unpaired) electrons. The van der Waals surface area contributed by atoms with E-state index in [2.05, 4.69) is 20.7 Å². The van der Waals surface area contributed by atoms with Gasteiger partial charge in [-0.05, 0) is 37.8 Å². The predicted molar refractivity (Wildman–Crippen MR) is 111 cm³/mol. The zero-order valence-electron chi connectivity index (χ0n) is 17.2. The molecular formula is C20H26F3N7O. The molecule has 1 aromatic heterocycles. The molecule has 2 aromatic rings. The third-order valence-electron chi connectivity index (χ3n) is 6.16. The number of benzene rings is 1. The van der Waals surface area contributed by atoms with E-state index in [4.69, 9.17) is 5.73 Å². The van der Waals surface area contributed by atoms with Crippen LogP contribution in [0.25, 0.3) is 0 Å². The van der Waals surface area contributed by atoms with E-state index in [-0.39, 0.29) is 24.8 Å². The van der Waals surface area contributed by atoms with Crippen LogP contribution in [0.2, 0.25) is 0 Å². The molecule has 1 saturated carbocycles. The number of halogens is 3. The maximum Gasteiger partial charge on any atom is 0.391 e. The third kappa shape index (κ3) is 4.40. The van der Waals surface area contributed by atoms with E-state index in [0.717, 1.165) is 5.82 Å². The Bertz CT molecular complexity index is 951. The van der Waals surface area contributed by atoms with Gasteiger partial charge in [-0.15, -0.1) is 0 Å². The van der Waals surface area contributed by atoms with Crippen molar-refractivity contribution >= 4 is 23.0 Å². The lowest BCUT2D eigenvalue weighted by molar-refractivity contribution is -0.182. The Morgan fingerprint density at radius 1 is 1.19 bits per heavy atom. The molecule has 0 unspecified atom stereocenters. The summed E-state index contributed by atoms with van der Waals surface area (Å²) < 4.78 is 40.6. The van der Waals surface area contributed by atoms with E-state index in [1.807, 2.05) is 15.6 Å². The molecule has 0 saturated heterocycles. The van der Waals surface area contributed by atoms with Crippen molar-refractivity contribution in [1.29, 1.82) is 0 Å². The average Bonchev–Trinajstić information content (AvgIpc) is 3.21. The Morgan fingerprint density at radius 2 is 1.94 bits per heavy atom. The van der Waals surface area contributed by atoms with Gasteiger partial charge >= 0.3 is 6.18 Å². The number of hydrogen-bond acceptors (Lipinski definition) is 6. The number of rotatable bonds is 4. The Kier molecular flexibility index (Phi) is 5.67. The summed E-state index contributed by atoms with van der Waals surface area (Å²) in [5, 5.41) is 10.1. The number of nitrogens with two attached hydrogens (primary N) is 1. The minimum absolute atomic E-state index is 0.0317. The number of alkyl halides is 3. The minimum atomic E-state index is -4.17. The second-order valence-corrected chi connectivity index (χ2v) is 8.09. The van der Waals surface area contributed by atoms with Crippen LogP contribution in [0.1, 0.15) is 41.9 Å². The number of hydrogen-bond donors (Lipinski definition) is 3. The highest BCUT2D eigenvalue weighted by molar-refractivity contribution is 6.02. The number of amides is 1. The van der Waals surface area contributed by atoms with Crippen molar-refractivity contribution < 1.29 is 18.0 Å². The van der Waals surface area contributed by atoms with Gasteiger partial charge in [-0.2, -0.15) is 18.3 Å². The summed E-state index contributed by atoms with van der Waals surface area (Å²) in [5.74, 6) is -0.815. The Balaban J connectivity index is 1.53. The highest BCUT2D eigenvalue weighted by Crippen LogP contribution is 2.38. The van der Waals surface area contributed by atoms with Crippen LogP contribution in [-0.4, -0.2) is 46.5 Å². The zero-order valence-corrected chi connectivity index (χ0v) is 17.2. The maximum atomic E-state index is 13.1. The molecular weight excluding hydrogens is 411 g/mol. The molecule has 0 spiro atoms. The first kappa shape index (κ1) is 21.3. The molecule has 31 heavy (non-hydrogen) atoms. The quantitative estimate of drug-likeness (QED) is 0.636. The number of fused-ring (bicyclic) bond motifs is 1. The molecule has 1 aliphatic heterocycles. The number of nitrogen functional groups attached to an aromatic ring is 1. The van der Waals surface area contributed by atoms with Gasteiger partial charge in [0.15, 0.2) is 0 Å². The van der Waals surface area contributed by atoms with E-state index < -0.39 is 12.1 Å². The molecule has 4 N–H and O–H groups in total. The molecule has 168 valence electrons. The highest BCUT2D eigenvalue weighted by Gasteiger charge is 2.41. The molecule has 1 amide bonds. The summed E-state index contributed by atoms with van der Waals surface area (Å²) in [6.07, 6.45) is -1.99. The van der Waals surface area contributed by atoms with Gasteiger partial charge in [-0.25, -0.2) is 9.67 Å². The summed E-state index contributed by atoms with van der Waals surface area (Å²) in [6.45, 7) is 1.77. The standard InChI is InChI=1S/C20H26F3N7O/c1-25-16-9-17(29-6-7-30-18(10-29)26-11-27-30)14(8-15(16)24)19(31)28-13-4-2-12(3-5-13)20(21,22)23/h8-9,11-13,25H,2-7,10,24H2,1H3,(H,28,31)/t12-,13-.